The van der Waals surface area contributed by atoms with E-state index < -0.39 is 5.97 Å². The zero-order chi connectivity index (χ0) is 30.8. The number of aryl methyl sites for hydroxylation is 2. The molecule has 10 nitrogen and oxygen atoms in total. The number of esters is 1. The number of pyridine rings is 1. The zero-order valence-corrected chi connectivity index (χ0v) is 25.4. The lowest BCUT2D eigenvalue weighted by atomic mass is 10.1. The number of nitrogens with one attached hydrogen (secondary N) is 1. The van der Waals surface area contributed by atoms with E-state index in [0.29, 0.717) is 52.4 Å². The molecule has 2 amide bonds. The van der Waals surface area contributed by atoms with Gasteiger partial charge in [-0.1, -0.05) is 23.7 Å². The highest BCUT2D eigenvalue weighted by molar-refractivity contribution is 6.32. The fourth-order valence-corrected chi connectivity index (χ4v) is 5.73. The van der Waals surface area contributed by atoms with E-state index in [0.717, 1.165) is 28.9 Å². The molecule has 2 aromatic heterocycles. The lowest BCUT2D eigenvalue weighted by Crippen LogP contribution is -2.45. The van der Waals surface area contributed by atoms with E-state index in [-0.39, 0.29) is 31.4 Å². The molecule has 3 heterocycles. The molecule has 1 aliphatic heterocycles. The number of nitrogens with zero attached hydrogens (tertiary/aromatic N) is 3. The summed E-state index contributed by atoms with van der Waals surface area (Å²) in [5.41, 5.74) is 3.67. The van der Waals surface area contributed by atoms with Crippen molar-refractivity contribution >= 4 is 51.7 Å². The van der Waals surface area contributed by atoms with Crippen LogP contribution in [0.25, 0.3) is 11.0 Å². The van der Waals surface area contributed by atoms with Gasteiger partial charge in [-0.3, -0.25) is 19.4 Å². The lowest BCUT2D eigenvalue weighted by Gasteiger charge is -2.38. The van der Waals surface area contributed by atoms with Gasteiger partial charge in [0.1, 0.15) is 35.0 Å². The molecule has 0 spiro atoms. The summed E-state index contributed by atoms with van der Waals surface area (Å²) in [6.45, 7) is 5.01. The Balaban J connectivity index is 1.20. The molecule has 4 aromatic rings. The third-order valence-corrected chi connectivity index (χ3v) is 8.21. The van der Waals surface area contributed by atoms with Crippen LogP contribution in [-0.2, 0) is 20.7 Å². The van der Waals surface area contributed by atoms with Gasteiger partial charge >= 0.3 is 5.97 Å². The van der Waals surface area contributed by atoms with Gasteiger partial charge in [0.15, 0.2) is 0 Å². The quantitative estimate of drug-likeness (QED) is 0.222. The van der Waals surface area contributed by atoms with Crippen molar-refractivity contribution < 1.29 is 28.3 Å². The van der Waals surface area contributed by atoms with Crippen molar-refractivity contribution in [2.75, 3.05) is 36.0 Å². The standard InChI is InChI=1S/C33H33ClN4O6/c1-3-42-32(40)19-36-31(39)11-10-27-20(2)22-16-30(24(34)17-29(22)43-27)44-28-12-13-35-18-23(28)33(41)38-15-14-37(21-8-9-21)25-6-4-5-7-26(25)38/h4-7,12-13,16-18,21H,3,8-11,14-15,19H2,1-2H3,(H,36,39). The molecule has 6 rings (SSSR count). The predicted octanol–water partition coefficient (Wildman–Crippen LogP) is 5.82. The normalized spacial score (nSPS) is 14.3. The van der Waals surface area contributed by atoms with Crippen LogP contribution < -0.4 is 19.9 Å². The molecule has 44 heavy (non-hydrogen) atoms. The number of rotatable bonds is 10. The molecule has 0 bridgehead atoms. The number of carbonyl (C=O) groups is 3. The van der Waals surface area contributed by atoms with E-state index in [4.69, 9.17) is 25.5 Å². The molecule has 0 atom stereocenters. The smallest absolute Gasteiger partial charge is 0.325 e. The molecule has 2 aromatic carbocycles. The molecule has 11 heteroatoms. The number of halogens is 1. The number of carbonyl (C=O) groups excluding carboxylic acids is 3. The van der Waals surface area contributed by atoms with Gasteiger partial charge in [0.2, 0.25) is 5.91 Å². The second kappa shape index (κ2) is 12.6. The predicted molar refractivity (Wildman–Crippen MR) is 167 cm³/mol. The minimum absolute atomic E-state index is 0.137. The number of aromatic nitrogens is 1. The zero-order valence-electron chi connectivity index (χ0n) is 24.6. The summed E-state index contributed by atoms with van der Waals surface area (Å²) < 4.78 is 17.1. The topological polar surface area (TPSA) is 114 Å². The van der Waals surface area contributed by atoms with Crippen LogP contribution in [-0.4, -0.2) is 55.1 Å². The summed E-state index contributed by atoms with van der Waals surface area (Å²) in [7, 11) is 0. The van der Waals surface area contributed by atoms with Crippen molar-refractivity contribution in [3.63, 3.8) is 0 Å². The van der Waals surface area contributed by atoms with E-state index in [9.17, 15) is 14.4 Å². The number of fused-ring (bicyclic) bond motifs is 2. The van der Waals surface area contributed by atoms with Crippen molar-refractivity contribution in [3.8, 4) is 11.5 Å². The molecule has 0 saturated heterocycles. The van der Waals surface area contributed by atoms with Crippen LogP contribution in [0.1, 0.15) is 47.9 Å². The Labute approximate surface area is 259 Å². The maximum Gasteiger partial charge on any atom is 0.325 e. The molecular formula is C33H33ClN4O6. The fourth-order valence-electron chi connectivity index (χ4n) is 5.54. The number of para-hydroxylation sites is 2. The third-order valence-electron chi connectivity index (χ3n) is 7.91. The van der Waals surface area contributed by atoms with Crippen molar-refractivity contribution in [3.05, 3.63) is 76.8 Å². The minimum atomic E-state index is -0.483. The highest BCUT2D eigenvalue weighted by Crippen LogP contribution is 2.42. The van der Waals surface area contributed by atoms with E-state index in [1.807, 2.05) is 25.1 Å². The first-order valence-electron chi connectivity index (χ1n) is 14.8. The number of amides is 2. The minimum Gasteiger partial charge on any atom is -0.465 e. The number of hydrogen-bond donors (Lipinski definition) is 1. The van der Waals surface area contributed by atoms with Crippen LogP contribution in [0.2, 0.25) is 5.02 Å². The van der Waals surface area contributed by atoms with Crippen LogP contribution in [0.4, 0.5) is 11.4 Å². The monoisotopic (exact) mass is 616 g/mol. The van der Waals surface area contributed by atoms with E-state index in [1.165, 1.54) is 19.0 Å². The van der Waals surface area contributed by atoms with E-state index >= 15 is 0 Å². The van der Waals surface area contributed by atoms with Gasteiger partial charge in [-0.2, -0.15) is 0 Å². The van der Waals surface area contributed by atoms with Crippen molar-refractivity contribution in [2.24, 2.45) is 0 Å². The van der Waals surface area contributed by atoms with Gasteiger partial charge in [-0.15, -0.1) is 0 Å². The maximum atomic E-state index is 13.9. The van der Waals surface area contributed by atoms with E-state index in [2.05, 4.69) is 21.3 Å². The highest BCUT2D eigenvalue weighted by atomic mass is 35.5. The van der Waals surface area contributed by atoms with E-state index in [1.54, 1.807) is 36.2 Å². The summed E-state index contributed by atoms with van der Waals surface area (Å²) in [5.74, 6) is 0.364. The molecule has 0 unspecified atom stereocenters. The summed E-state index contributed by atoms with van der Waals surface area (Å²) in [5, 5.41) is 3.64. The number of furan rings is 1. The Bertz CT molecular complexity index is 1730. The molecule has 1 N–H and O–H groups in total. The SMILES string of the molecule is CCOC(=O)CNC(=O)CCc1oc2cc(Cl)c(Oc3ccncc3C(=O)N3CCN(C4CC4)c4ccccc43)cc2c1C. The van der Waals surface area contributed by atoms with Crippen LogP contribution in [0.5, 0.6) is 11.5 Å². The third kappa shape index (κ3) is 6.07. The molecule has 1 saturated carbocycles. The Morgan fingerprint density at radius 3 is 2.66 bits per heavy atom. The number of hydrogen-bond acceptors (Lipinski definition) is 8. The molecule has 228 valence electrons. The summed E-state index contributed by atoms with van der Waals surface area (Å²) >= 11 is 6.63. The second-order valence-electron chi connectivity index (χ2n) is 10.9. The highest BCUT2D eigenvalue weighted by Gasteiger charge is 2.36. The summed E-state index contributed by atoms with van der Waals surface area (Å²) in [6.07, 6.45) is 5.93. The largest absolute Gasteiger partial charge is 0.465 e. The first kappa shape index (κ1) is 29.5. The molecular weight excluding hydrogens is 584 g/mol. The summed E-state index contributed by atoms with van der Waals surface area (Å²) in [4.78, 5) is 46.1. The van der Waals surface area contributed by atoms with Gasteiger partial charge in [0.25, 0.3) is 5.91 Å². The maximum absolute atomic E-state index is 13.9. The number of benzene rings is 2. The number of ether oxygens (including phenoxy) is 2. The van der Waals surface area contributed by atoms with Gasteiger partial charge in [-0.25, -0.2) is 0 Å². The first-order chi connectivity index (χ1) is 21.3. The number of anilines is 2. The Morgan fingerprint density at radius 2 is 1.89 bits per heavy atom. The molecule has 2 aliphatic rings. The van der Waals surface area contributed by atoms with Crippen LogP contribution in [0.15, 0.2) is 59.3 Å². The summed E-state index contributed by atoms with van der Waals surface area (Å²) in [6, 6.07) is 13.6. The molecule has 1 aliphatic carbocycles. The average molecular weight is 617 g/mol. The van der Waals surface area contributed by atoms with Gasteiger partial charge in [0.05, 0.1) is 23.0 Å². The average Bonchev–Trinajstić information content (AvgIpc) is 3.83. The van der Waals surface area contributed by atoms with Crippen LogP contribution in [0, 0.1) is 6.92 Å². The Hall–Kier alpha value is -4.57. The van der Waals surface area contributed by atoms with Gasteiger partial charge in [0, 0.05) is 55.8 Å². The van der Waals surface area contributed by atoms with Crippen LogP contribution >= 0.6 is 11.6 Å². The van der Waals surface area contributed by atoms with Crippen molar-refractivity contribution in [2.45, 2.75) is 45.6 Å². The van der Waals surface area contributed by atoms with Crippen LogP contribution in [0.3, 0.4) is 0 Å². The molecule has 0 radical (unpaired) electrons. The van der Waals surface area contributed by atoms with Gasteiger partial charge < -0.3 is 29.0 Å². The first-order valence-corrected chi connectivity index (χ1v) is 15.1. The van der Waals surface area contributed by atoms with Crippen molar-refractivity contribution in [1.82, 2.24) is 10.3 Å². The second-order valence-corrected chi connectivity index (χ2v) is 11.3. The molecule has 1 fully saturated rings. The van der Waals surface area contributed by atoms with Crippen molar-refractivity contribution in [1.29, 1.82) is 0 Å². The lowest BCUT2D eigenvalue weighted by molar-refractivity contribution is -0.143. The Morgan fingerprint density at radius 1 is 1.09 bits per heavy atom. The fraction of sp³-hybridized carbons (Fsp3) is 0.333. The Kier molecular flexibility index (Phi) is 8.43. The van der Waals surface area contributed by atoms with Gasteiger partial charge in [-0.05, 0) is 56.5 Å².